The van der Waals surface area contributed by atoms with Crippen molar-refractivity contribution in [3.8, 4) is 0 Å². The molecule has 0 bridgehead atoms. The quantitative estimate of drug-likeness (QED) is 0.482. The first kappa shape index (κ1) is 14.6. The molecule has 0 fully saturated rings. The van der Waals surface area contributed by atoms with E-state index in [1.807, 2.05) is 24.3 Å². The van der Waals surface area contributed by atoms with Crippen LogP contribution in [0.15, 0.2) is 41.5 Å². The number of thiazole rings is 1. The highest BCUT2D eigenvalue weighted by Gasteiger charge is 2.06. The van der Waals surface area contributed by atoms with Crippen molar-refractivity contribution in [3.05, 3.63) is 56.5 Å². The summed E-state index contributed by atoms with van der Waals surface area (Å²) >= 11 is 19.5. The molecular weight excluding hydrogens is 349 g/mol. The number of hydrogen-bond acceptors (Lipinski definition) is 4. The molecule has 0 aliphatic heterocycles. The minimum atomic E-state index is 0.411. The van der Waals surface area contributed by atoms with Gasteiger partial charge in [0.15, 0.2) is 0 Å². The lowest BCUT2D eigenvalue weighted by Crippen LogP contribution is -1.92. The normalized spacial score (nSPS) is 11.4. The third kappa shape index (κ3) is 3.30. The predicted molar refractivity (Wildman–Crippen MR) is 92.3 cm³/mol. The summed E-state index contributed by atoms with van der Waals surface area (Å²) in [7, 11) is 0. The Morgan fingerprint density at radius 3 is 2.52 bits per heavy atom. The smallest absolute Gasteiger partial charge is 0.137 e. The zero-order valence-corrected chi connectivity index (χ0v) is 13.6. The summed E-state index contributed by atoms with van der Waals surface area (Å²) in [6.07, 6.45) is 1.63. The number of benzene rings is 2. The number of nitrogens with one attached hydrogen (secondary N) is 1. The van der Waals surface area contributed by atoms with E-state index in [2.05, 4.69) is 15.5 Å². The highest BCUT2D eigenvalue weighted by molar-refractivity contribution is 7.20. The van der Waals surface area contributed by atoms with Crippen molar-refractivity contribution in [2.24, 2.45) is 5.10 Å². The van der Waals surface area contributed by atoms with Crippen molar-refractivity contribution in [1.82, 2.24) is 4.98 Å². The first-order chi connectivity index (χ1) is 10.1. The standard InChI is InChI=1S/C14H8Cl3N3S/c15-8-5-9(16)14(10(17)6-8)20-18-7-13-19-11-3-1-2-4-12(11)21-13/h1-7,20H/b18-7+. The minimum Gasteiger partial charge on any atom is -0.275 e. The predicted octanol–water partition coefficient (Wildman–Crippen LogP) is 5.70. The summed E-state index contributed by atoms with van der Waals surface area (Å²) in [6.45, 7) is 0. The fourth-order valence-electron chi connectivity index (χ4n) is 1.75. The summed E-state index contributed by atoms with van der Waals surface area (Å²) < 4.78 is 1.11. The second kappa shape index (κ2) is 6.20. The third-order valence-electron chi connectivity index (χ3n) is 2.67. The lowest BCUT2D eigenvalue weighted by atomic mass is 10.3. The summed E-state index contributed by atoms with van der Waals surface area (Å²) in [5.74, 6) is 0. The first-order valence-corrected chi connectivity index (χ1v) is 7.88. The topological polar surface area (TPSA) is 37.3 Å². The largest absolute Gasteiger partial charge is 0.275 e. The van der Waals surface area contributed by atoms with Gasteiger partial charge >= 0.3 is 0 Å². The first-order valence-electron chi connectivity index (χ1n) is 5.92. The zero-order valence-electron chi connectivity index (χ0n) is 10.5. The van der Waals surface area contributed by atoms with Crippen LogP contribution in [0.1, 0.15) is 5.01 Å². The van der Waals surface area contributed by atoms with Gasteiger partial charge in [-0.2, -0.15) is 5.10 Å². The highest BCUT2D eigenvalue weighted by atomic mass is 35.5. The Morgan fingerprint density at radius 1 is 1.10 bits per heavy atom. The van der Waals surface area contributed by atoms with Crippen LogP contribution in [0.2, 0.25) is 15.1 Å². The van der Waals surface area contributed by atoms with E-state index in [1.54, 1.807) is 29.7 Å². The summed E-state index contributed by atoms with van der Waals surface area (Å²) in [5, 5.41) is 6.22. The van der Waals surface area contributed by atoms with E-state index in [9.17, 15) is 0 Å². The van der Waals surface area contributed by atoms with Crippen molar-refractivity contribution in [2.75, 3.05) is 5.43 Å². The molecule has 2 aromatic carbocycles. The number of anilines is 1. The molecule has 0 amide bonds. The number of hydrogen-bond donors (Lipinski definition) is 1. The van der Waals surface area contributed by atoms with E-state index in [0.29, 0.717) is 20.8 Å². The Labute approximate surface area is 140 Å². The van der Waals surface area contributed by atoms with Gasteiger partial charge in [-0.3, -0.25) is 5.43 Å². The molecule has 1 N–H and O–H groups in total. The molecule has 0 atom stereocenters. The molecule has 0 aliphatic rings. The van der Waals surface area contributed by atoms with Gasteiger partial charge < -0.3 is 0 Å². The van der Waals surface area contributed by atoms with Crippen LogP contribution < -0.4 is 5.43 Å². The van der Waals surface area contributed by atoms with Gasteiger partial charge in [-0.05, 0) is 24.3 Å². The number of halogens is 3. The maximum absolute atomic E-state index is 6.06. The molecule has 21 heavy (non-hydrogen) atoms. The van der Waals surface area contributed by atoms with Gasteiger partial charge in [-0.25, -0.2) is 4.98 Å². The van der Waals surface area contributed by atoms with Gasteiger partial charge in [0.1, 0.15) is 5.01 Å². The average Bonchev–Trinajstić information content (AvgIpc) is 2.84. The molecule has 3 rings (SSSR count). The maximum atomic E-state index is 6.06. The molecule has 0 aliphatic carbocycles. The SMILES string of the molecule is Clc1cc(Cl)c(N/N=C/c2nc3ccccc3s2)c(Cl)c1. The van der Waals surface area contributed by atoms with Crippen LogP contribution in [0.3, 0.4) is 0 Å². The summed E-state index contributed by atoms with van der Waals surface area (Å²) in [4.78, 5) is 4.45. The number of nitrogens with zero attached hydrogens (tertiary/aromatic N) is 2. The van der Waals surface area contributed by atoms with Gasteiger partial charge in [-0.1, -0.05) is 46.9 Å². The Hall–Kier alpha value is -1.33. The molecule has 1 aromatic heterocycles. The van der Waals surface area contributed by atoms with Crippen LogP contribution in [-0.4, -0.2) is 11.2 Å². The van der Waals surface area contributed by atoms with Crippen LogP contribution in [0, 0.1) is 0 Å². The third-order valence-corrected chi connectivity index (χ3v) is 4.45. The van der Waals surface area contributed by atoms with Crippen molar-refractivity contribution in [2.45, 2.75) is 0 Å². The lowest BCUT2D eigenvalue weighted by molar-refractivity contribution is 1.34. The molecule has 0 unspecified atom stereocenters. The van der Waals surface area contributed by atoms with Crippen LogP contribution in [0.4, 0.5) is 5.69 Å². The Balaban J connectivity index is 1.81. The van der Waals surface area contributed by atoms with Gasteiger partial charge in [0.2, 0.25) is 0 Å². The molecule has 3 aromatic rings. The van der Waals surface area contributed by atoms with E-state index < -0.39 is 0 Å². The Morgan fingerprint density at radius 2 is 1.81 bits per heavy atom. The fraction of sp³-hybridized carbons (Fsp3) is 0. The van der Waals surface area contributed by atoms with Crippen LogP contribution in [-0.2, 0) is 0 Å². The summed E-state index contributed by atoms with van der Waals surface area (Å²) in [6, 6.07) is 11.1. The molecule has 3 nitrogen and oxygen atoms in total. The molecule has 0 radical (unpaired) electrons. The number of hydrazone groups is 1. The van der Waals surface area contributed by atoms with Crippen molar-refractivity contribution >= 4 is 68.3 Å². The Kier molecular flexibility index (Phi) is 4.31. The van der Waals surface area contributed by atoms with E-state index in [1.165, 1.54) is 0 Å². The molecule has 1 heterocycles. The molecular formula is C14H8Cl3N3S. The highest BCUT2D eigenvalue weighted by Crippen LogP contribution is 2.33. The number of rotatable bonds is 3. The molecule has 7 heteroatoms. The second-order valence-electron chi connectivity index (χ2n) is 4.13. The molecule has 106 valence electrons. The number of para-hydroxylation sites is 1. The molecule has 0 saturated heterocycles. The van der Waals surface area contributed by atoms with E-state index in [4.69, 9.17) is 34.8 Å². The summed E-state index contributed by atoms with van der Waals surface area (Å²) in [5.41, 5.74) is 4.28. The molecule has 0 saturated carbocycles. The van der Waals surface area contributed by atoms with E-state index in [-0.39, 0.29) is 0 Å². The minimum absolute atomic E-state index is 0.411. The van der Waals surface area contributed by atoms with Crippen LogP contribution in [0.5, 0.6) is 0 Å². The monoisotopic (exact) mass is 355 g/mol. The fourth-order valence-corrected chi connectivity index (χ4v) is 3.49. The van der Waals surface area contributed by atoms with Crippen molar-refractivity contribution in [1.29, 1.82) is 0 Å². The van der Waals surface area contributed by atoms with Gasteiger partial charge in [-0.15, -0.1) is 11.3 Å². The van der Waals surface area contributed by atoms with Crippen molar-refractivity contribution in [3.63, 3.8) is 0 Å². The van der Waals surface area contributed by atoms with E-state index >= 15 is 0 Å². The molecule has 0 spiro atoms. The van der Waals surface area contributed by atoms with Crippen LogP contribution in [0.25, 0.3) is 10.2 Å². The van der Waals surface area contributed by atoms with Crippen molar-refractivity contribution < 1.29 is 0 Å². The zero-order chi connectivity index (χ0) is 14.8. The second-order valence-corrected chi connectivity index (χ2v) is 6.45. The van der Waals surface area contributed by atoms with Gasteiger partial charge in [0.05, 0.1) is 32.2 Å². The Bertz CT molecular complexity index is 773. The average molecular weight is 357 g/mol. The number of fused-ring (bicyclic) bond motifs is 1. The maximum Gasteiger partial charge on any atom is 0.137 e. The van der Waals surface area contributed by atoms with Crippen LogP contribution >= 0.6 is 46.1 Å². The van der Waals surface area contributed by atoms with Gasteiger partial charge in [0, 0.05) is 5.02 Å². The lowest BCUT2D eigenvalue weighted by Gasteiger charge is -2.05. The van der Waals surface area contributed by atoms with E-state index in [0.717, 1.165) is 15.2 Å². The van der Waals surface area contributed by atoms with Gasteiger partial charge in [0.25, 0.3) is 0 Å². The number of aromatic nitrogens is 1.